The summed E-state index contributed by atoms with van der Waals surface area (Å²) in [4.78, 5) is 12.6. The number of carboxylic acids is 1. The van der Waals surface area contributed by atoms with Crippen LogP contribution in [0.2, 0.25) is 0 Å². The Hall–Kier alpha value is -1.39. The quantitative estimate of drug-likeness (QED) is 0.846. The van der Waals surface area contributed by atoms with Crippen molar-refractivity contribution in [2.45, 2.75) is 12.5 Å². The van der Waals surface area contributed by atoms with Crippen LogP contribution in [0.5, 0.6) is 0 Å². The van der Waals surface area contributed by atoms with Crippen molar-refractivity contribution in [3.05, 3.63) is 35.9 Å². The lowest BCUT2D eigenvalue weighted by atomic mass is 10.1. The minimum Gasteiger partial charge on any atom is -0.480 e. The second kappa shape index (κ2) is 5.80. The first-order valence-electron chi connectivity index (χ1n) is 5.84. The summed E-state index contributed by atoms with van der Waals surface area (Å²) in [5.41, 5.74) is 1.23. The molecule has 0 aromatic heterocycles. The number of hydrogen-bond acceptors (Lipinski definition) is 3. The van der Waals surface area contributed by atoms with Crippen LogP contribution in [0.3, 0.4) is 0 Å². The van der Waals surface area contributed by atoms with Gasteiger partial charge in [0.1, 0.15) is 0 Å². The Morgan fingerprint density at radius 2 is 2.18 bits per heavy atom. The third kappa shape index (κ3) is 3.84. The van der Waals surface area contributed by atoms with E-state index in [1.54, 1.807) is 0 Å². The summed E-state index contributed by atoms with van der Waals surface area (Å²) in [6.07, 6.45) is 0.947. The molecule has 17 heavy (non-hydrogen) atoms. The molecule has 1 heterocycles. The summed E-state index contributed by atoms with van der Waals surface area (Å²) in [6, 6.07) is 10.1. The monoisotopic (exact) mass is 235 g/mol. The van der Waals surface area contributed by atoms with Gasteiger partial charge in [0, 0.05) is 13.1 Å². The van der Waals surface area contributed by atoms with Gasteiger partial charge < -0.3 is 9.84 Å². The van der Waals surface area contributed by atoms with E-state index < -0.39 is 5.97 Å². The molecule has 2 rings (SSSR count). The summed E-state index contributed by atoms with van der Waals surface area (Å²) in [7, 11) is 0. The fourth-order valence-electron chi connectivity index (χ4n) is 2.12. The van der Waals surface area contributed by atoms with Gasteiger partial charge in [0.15, 0.2) is 0 Å². The summed E-state index contributed by atoms with van der Waals surface area (Å²) < 4.78 is 5.66. The Morgan fingerprint density at radius 3 is 2.88 bits per heavy atom. The number of hydrogen-bond donors (Lipinski definition) is 1. The van der Waals surface area contributed by atoms with E-state index in [0.29, 0.717) is 19.7 Å². The maximum atomic E-state index is 10.7. The highest BCUT2D eigenvalue weighted by Gasteiger charge is 2.21. The third-order valence-corrected chi connectivity index (χ3v) is 2.89. The molecule has 0 aliphatic carbocycles. The van der Waals surface area contributed by atoms with E-state index in [1.807, 2.05) is 23.1 Å². The van der Waals surface area contributed by atoms with Gasteiger partial charge in [-0.25, -0.2) is 0 Å². The fourth-order valence-corrected chi connectivity index (χ4v) is 2.12. The average Bonchev–Trinajstić information content (AvgIpc) is 2.30. The van der Waals surface area contributed by atoms with Crippen molar-refractivity contribution in [3.8, 4) is 0 Å². The smallest absolute Gasteiger partial charge is 0.317 e. The van der Waals surface area contributed by atoms with Crippen LogP contribution in [-0.2, 0) is 16.0 Å². The molecule has 1 atom stereocenters. The highest BCUT2D eigenvalue weighted by atomic mass is 16.5. The van der Waals surface area contributed by atoms with Gasteiger partial charge in [-0.3, -0.25) is 9.69 Å². The van der Waals surface area contributed by atoms with E-state index in [2.05, 4.69) is 12.1 Å². The molecule has 1 aromatic rings. The Balaban J connectivity index is 1.87. The van der Waals surface area contributed by atoms with Gasteiger partial charge in [-0.15, -0.1) is 0 Å². The zero-order valence-electron chi connectivity index (χ0n) is 9.71. The lowest BCUT2D eigenvalue weighted by molar-refractivity contribution is -0.140. The number of morpholine rings is 1. The summed E-state index contributed by atoms with van der Waals surface area (Å²) >= 11 is 0. The van der Waals surface area contributed by atoms with Gasteiger partial charge >= 0.3 is 5.97 Å². The van der Waals surface area contributed by atoms with Crippen LogP contribution in [0.1, 0.15) is 5.56 Å². The van der Waals surface area contributed by atoms with Crippen molar-refractivity contribution < 1.29 is 14.6 Å². The molecule has 0 saturated carbocycles. The van der Waals surface area contributed by atoms with Gasteiger partial charge in [-0.05, 0) is 12.0 Å². The van der Waals surface area contributed by atoms with Gasteiger partial charge in [0.25, 0.3) is 0 Å². The molecular formula is C13H17NO3. The van der Waals surface area contributed by atoms with Crippen LogP contribution >= 0.6 is 0 Å². The highest BCUT2D eigenvalue weighted by Crippen LogP contribution is 2.11. The lowest BCUT2D eigenvalue weighted by Crippen LogP contribution is -2.45. The Morgan fingerprint density at radius 1 is 1.41 bits per heavy atom. The number of rotatable bonds is 4. The van der Waals surface area contributed by atoms with Gasteiger partial charge in [0.05, 0.1) is 19.3 Å². The number of aliphatic carboxylic acids is 1. The van der Waals surface area contributed by atoms with E-state index in [4.69, 9.17) is 9.84 Å². The van der Waals surface area contributed by atoms with E-state index in [0.717, 1.165) is 6.42 Å². The molecule has 0 unspecified atom stereocenters. The number of ether oxygens (including phenoxy) is 1. The normalized spacial score (nSPS) is 21.3. The average molecular weight is 235 g/mol. The van der Waals surface area contributed by atoms with Crippen LogP contribution in [0.4, 0.5) is 0 Å². The largest absolute Gasteiger partial charge is 0.480 e. The van der Waals surface area contributed by atoms with Crippen molar-refractivity contribution in [2.24, 2.45) is 0 Å². The van der Waals surface area contributed by atoms with Gasteiger partial charge in [0.2, 0.25) is 0 Å². The Kier molecular flexibility index (Phi) is 4.12. The molecule has 4 nitrogen and oxygen atoms in total. The molecule has 1 N–H and O–H groups in total. The first-order chi connectivity index (χ1) is 8.24. The second-order valence-corrected chi connectivity index (χ2v) is 4.31. The number of carboxylic acid groups (broad SMARTS) is 1. The van der Waals surface area contributed by atoms with Crippen LogP contribution in [0.25, 0.3) is 0 Å². The maximum Gasteiger partial charge on any atom is 0.317 e. The molecule has 1 aliphatic heterocycles. The summed E-state index contributed by atoms with van der Waals surface area (Å²) in [5, 5.41) is 8.76. The topological polar surface area (TPSA) is 49.8 Å². The summed E-state index contributed by atoms with van der Waals surface area (Å²) in [6.45, 7) is 2.12. The SMILES string of the molecule is O=C(O)CN1CCO[C@H](Cc2ccccc2)C1. The molecule has 1 saturated heterocycles. The van der Waals surface area contributed by atoms with Crippen LogP contribution in [0, 0.1) is 0 Å². The Bertz CT molecular complexity index is 366. The van der Waals surface area contributed by atoms with Crippen LogP contribution in [0.15, 0.2) is 30.3 Å². The summed E-state index contributed by atoms with van der Waals surface area (Å²) in [5.74, 6) is -0.773. The van der Waals surface area contributed by atoms with Crippen molar-refractivity contribution in [2.75, 3.05) is 26.2 Å². The number of carbonyl (C=O) groups is 1. The standard InChI is InChI=1S/C13H17NO3/c15-13(16)10-14-6-7-17-12(9-14)8-11-4-2-1-3-5-11/h1-5,12H,6-10H2,(H,15,16)/t12-/m1/s1. The molecule has 92 valence electrons. The number of nitrogens with zero attached hydrogens (tertiary/aromatic N) is 1. The minimum atomic E-state index is -0.773. The predicted octanol–water partition coefficient (Wildman–Crippen LogP) is 1.01. The fraction of sp³-hybridized carbons (Fsp3) is 0.462. The lowest BCUT2D eigenvalue weighted by Gasteiger charge is -2.31. The van der Waals surface area contributed by atoms with Gasteiger partial charge in [-0.1, -0.05) is 30.3 Å². The molecule has 1 aromatic carbocycles. The predicted molar refractivity (Wildman–Crippen MR) is 64.0 cm³/mol. The third-order valence-electron chi connectivity index (χ3n) is 2.89. The van der Waals surface area contributed by atoms with Crippen molar-refractivity contribution in [3.63, 3.8) is 0 Å². The molecule has 1 fully saturated rings. The van der Waals surface area contributed by atoms with Crippen LogP contribution < -0.4 is 0 Å². The van der Waals surface area contributed by atoms with E-state index in [9.17, 15) is 4.79 Å². The highest BCUT2D eigenvalue weighted by molar-refractivity contribution is 5.69. The second-order valence-electron chi connectivity index (χ2n) is 4.31. The number of benzene rings is 1. The van der Waals surface area contributed by atoms with E-state index in [1.165, 1.54) is 5.56 Å². The van der Waals surface area contributed by atoms with E-state index in [-0.39, 0.29) is 12.6 Å². The van der Waals surface area contributed by atoms with Crippen molar-refractivity contribution >= 4 is 5.97 Å². The zero-order valence-corrected chi connectivity index (χ0v) is 9.71. The molecule has 0 amide bonds. The van der Waals surface area contributed by atoms with Crippen molar-refractivity contribution in [1.82, 2.24) is 4.90 Å². The maximum absolute atomic E-state index is 10.7. The van der Waals surface area contributed by atoms with E-state index >= 15 is 0 Å². The first kappa shape index (κ1) is 12.1. The molecule has 0 radical (unpaired) electrons. The molecule has 1 aliphatic rings. The molecule has 0 bridgehead atoms. The Labute approximate surface area is 101 Å². The molecule has 4 heteroatoms. The zero-order chi connectivity index (χ0) is 12.1. The minimum absolute atomic E-state index is 0.102. The van der Waals surface area contributed by atoms with Gasteiger partial charge in [-0.2, -0.15) is 0 Å². The van der Waals surface area contributed by atoms with Crippen LogP contribution in [-0.4, -0.2) is 48.3 Å². The van der Waals surface area contributed by atoms with Crippen molar-refractivity contribution in [1.29, 1.82) is 0 Å². The molecular weight excluding hydrogens is 218 g/mol. The first-order valence-corrected chi connectivity index (χ1v) is 5.84. The molecule has 0 spiro atoms.